The number of carbonyl (C=O) groups excluding carboxylic acids is 1. The molecule has 170 valence electrons. The first kappa shape index (κ1) is 23.8. The zero-order chi connectivity index (χ0) is 23.0. The lowest BCUT2D eigenvalue weighted by Crippen LogP contribution is -2.30. The molecule has 3 rings (SSSR count). The summed E-state index contributed by atoms with van der Waals surface area (Å²) >= 11 is 1.43. The van der Waals surface area contributed by atoms with E-state index in [9.17, 15) is 13.2 Å². The van der Waals surface area contributed by atoms with Crippen LogP contribution >= 0.6 is 11.8 Å². The first-order valence-corrected chi connectivity index (χ1v) is 12.4. The van der Waals surface area contributed by atoms with Gasteiger partial charge in [0.05, 0.1) is 4.90 Å². The van der Waals surface area contributed by atoms with Crippen LogP contribution in [0.25, 0.3) is 0 Å². The molecule has 9 nitrogen and oxygen atoms in total. The molecule has 3 aromatic rings. The Kier molecular flexibility index (Phi) is 8.26. The van der Waals surface area contributed by atoms with E-state index in [1.54, 1.807) is 6.92 Å². The number of aryl methyl sites for hydroxylation is 1. The second kappa shape index (κ2) is 11.1. The highest BCUT2D eigenvalue weighted by molar-refractivity contribution is 7.99. The van der Waals surface area contributed by atoms with E-state index >= 15 is 0 Å². The smallest absolute Gasteiger partial charge is 0.257 e. The molecule has 0 aliphatic heterocycles. The van der Waals surface area contributed by atoms with E-state index < -0.39 is 10.0 Å². The highest BCUT2D eigenvalue weighted by atomic mass is 32.2. The van der Waals surface area contributed by atoms with Crippen molar-refractivity contribution in [1.29, 1.82) is 0 Å². The molecular formula is C21H25N5O4S2. The lowest BCUT2D eigenvalue weighted by molar-refractivity contribution is -0.122. The minimum absolute atomic E-state index is 0.122. The van der Waals surface area contributed by atoms with Crippen LogP contribution in [0.3, 0.4) is 0 Å². The van der Waals surface area contributed by atoms with Crippen molar-refractivity contribution in [2.45, 2.75) is 29.9 Å². The number of nitrogens with one attached hydrogen (secondary N) is 3. The van der Waals surface area contributed by atoms with Gasteiger partial charge in [-0.25, -0.2) is 18.1 Å². The number of carbonyl (C=O) groups is 1. The highest BCUT2D eigenvalue weighted by Crippen LogP contribution is 2.19. The summed E-state index contributed by atoms with van der Waals surface area (Å²) in [6.07, 6.45) is 0. The van der Waals surface area contributed by atoms with Crippen LogP contribution in [-0.4, -0.2) is 48.4 Å². The second-order valence-corrected chi connectivity index (χ2v) is 9.69. The minimum Gasteiger partial charge on any atom is -0.484 e. The Labute approximate surface area is 191 Å². The van der Waals surface area contributed by atoms with Crippen LogP contribution in [0.5, 0.6) is 5.75 Å². The third-order valence-corrected chi connectivity index (χ3v) is 6.77. The maximum Gasteiger partial charge on any atom is 0.257 e. The van der Waals surface area contributed by atoms with Crippen LogP contribution in [0.1, 0.15) is 24.4 Å². The third kappa shape index (κ3) is 7.08. The number of thioether (sulfide) groups is 1. The third-order valence-electron chi connectivity index (χ3n) is 4.37. The van der Waals surface area contributed by atoms with Crippen LogP contribution in [0.4, 0.5) is 0 Å². The van der Waals surface area contributed by atoms with Gasteiger partial charge in [-0.15, -0.1) is 5.10 Å². The number of hydrogen-bond donors (Lipinski definition) is 3. The summed E-state index contributed by atoms with van der Waals surface area (Å²) < 4.78 is 33.3. The SMILES string of the molecule is Cc1nc(SCCNC(=O)COc2ccc(S(=O)(=O)NC(C)c3ccccc3)cc2)n[nH]1. The van der Waals surface area contributed by atoms with Crippen LogP contribution in [0.2, 0.25) is 0 Å². The molecule has 0 aliphatic rings. The molecule has 1 heterocycles. The molecule has 0 bridgehead atoms. The van der Waals surface area contributed by atoms with Crippen LogP contribution in [0, 0.1) is 6.92 Å². The Bertz CT molecular complexity index is 1120. The topological polar surface area (TPSA) is 126 Å². The van der Waals surface area contributed by atoms with Gasteiger partial charge >= 0.3 is 0 Å². The maximum atomic E-state index is 12.6. The van der Waals surface area contributed by atoms with Gasteiger partial charge in [0.1, 0.15) is 11.6 Å². The van der Waals surface area contributed by atoms with Crippen molar-refractivity contribution in [2.24, 2.45) is 0 Å². The normalized spacial score (nSPS) is 12.3. The number of benzene rings is 2. The van der Waals surface area contributed by atoms with Crippen molar-refractivity contribution in [1.82, 2.24) is 25.2 Å². The van der Waals surface area contributed by atoms with Gasteiger partial charge in [-0.1, -0.05) is 42.1 Å². The highest BCUT2D eigenvalue weighted by Gasteiger charge is 2.18. The molecule has 11 heteroatoms. The van der Waals surface area contributed by atoms with Gasteiger partial charge in [0, 0.05) is 18.3 Å². The molecule has 0 spiro atoms. The first-order valence-electron chi connectivity index (χ1n) is 9.92. The standard InChI is InChI=1S/C21H25N5O4S2/c1-15(17-6-4-3-5-7-17)26-32(28,29)19-10-8-18(9-11-19)30-14-20(27)22-12-13-31-21-23-16(2)24-25-21/h3-11,15,26H,12-14H2,1-2H3,(H,22,27)(H,23,24,25). The number of aromatic nitrogens is 3. The Morgan fingerprint density at radius 1 is 1.16 bits per heavy atom. The van der Waals surface area contributed by atoms with E-state index in [0.29, 0.717) is 23.2 Å². The predicted molar refractivity (Wildman–Crippen MR) is 122 cm³/mol. The number of aromatic amines is 1. The van der Waals surface area contributed by atoms with E-state index in [1.165, 1.54) is 36.0 Å². The maximum absolute atomic E-state index is 12.6. The van der Waals surface area contributed by atoms with Crippen molar-refractivity contribution in [3.05, 3.63) is 66.0 Å². The van der Waals surface area contributed by atoms with E-state index in [1.807, 2.05) is 37.3 Å². The molecule has 0 aliphatic carbocycles. The van der Waals surface area contributed by atoms with Crippen molar-refractivity contribution in [2.75, 3.05) is 18.9 Å². The summed E-state index contributed by atoms with van der Waals surface area (Å²) in [6, 6.07) is 14.9. The van der Waals surface area contributed by atoms with Crippen LogP contribution in [-0.2, 0) is 14.8 Å². The van der Waals surface area contributed by atoms with Gasteiger partial charge in [0.2, 0.25) is 15.2 Å². The van der Waals surface area contributed by atoms with E-state index in [2.05, 4.69) is 25.2 Å². The molecule has 0 saturated carbocycles. The van der Waals surface area contributed by atoms with Crippen LogP contribution < -0.4 is 14.8 Å². The molecule has 1 amide bonds. The molecule has 0 fully saturated rings. The summed E-state index contributed by atoms with van der Waals surface area (Å²) in [5.41, 5.74) is 0.871. The molecule has 0 radical (unpaired) electrons. The second-order valence-electron chi connectivity index (χ2n) is 6.92. The molecule has 2 aromatic carbocycles. The lowest BCUT2D eigenvalue weighted by Gasteiger charge is -2.15. The number of ether oxygens (including phenoxy) is 1. The Hall–Kier alpha value is -2.89. The minimum atomic E-state index is -3.69. The first-order chi connectivity index (χ1) is 15.3. The lowest BCUT2D eigenvalue weighted by atomic mass is 10.1. The van der Waals surface area contributed by atoms with Gasteiger partial charge < -0.3 is 10.1 Å². The van der Waals surface area contributed by atoms with Gasteiger partial charge in [0.25, 0.3) is 5.91 Å². The van der Waals surface area contributed by atoms with E-state index in [-0.39, 0.29) is 23.5 Å². The fourth-order valence-electron chi connectivity index (χ4n) is 2.74. The zero-order valence-electron chi connectivity index (χ0n) is 17.7. The number of sulfonamides is 1. The van der Waals surface area contributed by atoms with Gasteiger partial charge in [-0.2, -0.15) is 0 Å². The van der Waals surface area contributed by atoms with E-state index in [0.717, 1.165) is 11.4 Å². The van der Waals surface area contributed by atoms with Crippen LogP contribution in [0.15, 0.2) is 64.6 Å². The fraction of sp³-hybridized carbons (Fsp3) is 0.286. The van der Waals surface area contributed by atoms with Gasteiger partial charge in [-0.05, 0) is 43.7 Å². The molecule has 3 N–H and O–H groups in total. The summed E-state index contributed by atoms with van der Waals surface area (Å²) in [5.74, 6) is 1.50. The zero-order valence-corrected chi connectivity index (χ0v) is 19.4. The predicted octanol–water partition coefficient (Wildman–Crippen LogP) is 2.44. The summed E-state index contributed by atoms with van der Waals surface area (Å²) in [6.45, 7) is 3.89. The van der Waals surface area contributed by atoms with Crippen molar-refractivity contribution >= 4 is 27.7 Å². The fourth-order valence-corrected chi connectivity index (χ4v) is 4.68. The molecule has 1 aromatic heterocycles. The van der Waals surface area contributed by atoms with Crippen molar-refractivity contribution in [3.63, 3.8) is 0 Å². The number of hydrogen-bond acceptors (Lipinski definition) is 7. The van der Waals surface area contributed by atoms with Gasteiger partial charge in [-0.3, -0.25) is 9.89 Å². The summed E-state index contributed by atoms with van der Waals surface area (Å²) in [4.78, 5) is 16.2. The largest absolute Gasteiger partial charge is 0.484 e. The average Bonchev–Trinajstić information content (AvgIpc) is 3.21. The Morgan fingerprint density at radius 3 is 2.53 bits per heavy atom. The van der Waals surface area contributed by atoms with Gasteiger partial charge in [0.15, 0.2) is 6.61 Å². The summed E-state index contributed by atoms with van der Waals surface area (Å²) in [5, 5.41) is 10.1. The quantitative estimate of drug-likeness (QED) is 0.287. The summed E-state index contributed by atoms with van der Waals surface area (Å²) in [7, 11) is -3.69. The monoisotopic (exact) mass is 475 g/mol. The van der Waals surface area contributed by atoms with Crippen molar-refractivity contribution in [3.8, 4) is 5.75 Å². The molecule has 1 unspecified atom stereocenters. The Balaban J connectivity index is 1.43. The Morgan fingerprint density at radius 2 is 1.88 bits per heavy atom. The average molecular weight is 476 g/mol. The van der Waals surface area contributed by atoms with E-state index in [4.69, 9.17) is 4.74 Å². The number of nitrogens with zero attached hydrogens (tertiary/aromatic N) is 2. The molecule has 0 saturated heterocycles. The number of rotatable bonds is 11. The molecule has 1 atom stereocenters. The number of H-pyrrole nitrogens is 1. The molecule has 32 heavy (non-hydrogen) atoms. The number of amides is 1. The van der Waals surface area contributed by atoms with Crippen molar-refractivity contribution < 1.29 is 17.9 Å². The molecular weight excluding hydrogens is 450 g/mol.